The minimum Gasteiger partial charge on any atom is -0.277 e. The molecule has 2 saturated heterocycles. The van der Waals surface area contributed by atoms with Gasteiger partial charge in [-0.25, -0.2) is 9.59 Å². The molecule has 29 heavy (non-hydrogen) atoms. The number of imide groups is 4. The normalized spacial score (nSPS) is 18.5. The molecule has 4 rings (SSSR count). The first kappa shape index (κ1) is 18.2. The van der Waals surface area contributed by atoms with Gasteiger partial charge in [0.15, 0.2) is 0 Å². The second-order valence-corrected chi connectivity index (χ2v) is 6.53. The van der Waals surface area contributed by atoms with Crippen LogP contribution < -0.4 is 21.3 Å². The number of aromatic nitrogens is 1. The van der Waals surface area contributed by atoms with Crippen molar-refractivity contribution in [3.8, 4) is 0 Å². The van der Waals surface area contributed by atoms with E-state index in [0.29, 0.717) is 5.52 Å². The van der Waals surface area contributed by atoms with Crippen LogP contribution in [-0.4, -0.2) is 40.7 Å². The highest BCUT2D eigenvalue weighted by Crippen LogP contribution is 2.35. The number of para-hydroxylation sites is 1. The average molecular weight is 395 g/mol. The molecule has 1 aromatic heterocycles. The van der Waals surface area contributed by atoms with Gasteiger partial charge >= 0.3 is 12.1 Å². The molecule has 2 aliphatic heterocycles. The number of nitrogens with one attached hydrogen (secondary N) is 4. The third-order valence-corrected chi connectivity index (χ3v) is 4.76. The predicted octanol–water partition coefficient (Wildman–Crippen LogP) is -0.717. The molecule has 11 heteroatoms. The zero-order valence-electron chi connectivity index (χ0n) is 14.6. The highest BCUT2D eigenvalue weighted by atomic mass is 16.2. The Morgan fingerprint density at radius 1 is 0.655 bits per heavy atom. The van der Waals surface area contributed by atoms with E-state index in [0.717, 1.165) is 5.39 Å². The molecule has 0 radical (unpaired) electrons. The van der Waals surface area contributed by atoms with Gasteiger partial charge in [0.05, 0.1) is 5.52 Å². The van der Waals surface area contributed by atoms with Crippen LogP contribution in [0.3, 0.4) is 0 Å². The van der Waals surface area contributed by atoms with Gasteiger partial charge in [0.25, 0.3) is 0 Å². The summed E-state index contributed by atoms with van der Waals surface area (Å²) in [4.78, 5) is 77.1. The summed E-state index contributed by atoms with van der Waals surface area (Å²) in [5.74, 6) is -8.47. The number of hydrogen-bond donors (Lipinski definition) is 4. The highest BCUT2D eigenvalue weighted by Gasteiger charge is 2.51. The predicted molar refractivity (Wildman–Crippen MR) is 94.8 cm³/mol. The minimum atomic E-state index is -1.60. The highest BCUT2D eigenvalue weighted by molar-refractivity contribution is 6.20. The molecular formula is C18H13N5O6. The Bertz CT molecular complexity index is 1020. The van der Waals surface area contributed by atoms with Gasteiger partial charge in [-0.05, 0) is 12.1 Å². The average Bonchev–Trinajstić information content (AvgIpc) is 2.65. The number of carbonyl (C=O) groups is 6. The maximum Gasteiger partial charge on any atom is 0.328 e. The number of benzene rings is 1. The second kappa shape index (κ2) is 6.78. The second-order valence-electron chi connectivity index (χ2n) is 6.53. The van der Waals surface area contributed by atoms with Crippen molar-refractivity contribution in [3.63, 3.8) is 0 Å². The largest absolute Gasteiger partial charge is 0.328 e. The molecule has 3 heterocycles. The molecule has 11 nitrogen and oxygen atoms in total. The molecule has 0 bridgehead atoms. The SMILES string of the molecule is O=C1NC(=O)C(C(c2ccc3ccccc3n2)C2C(=O)NC(=O)NC2=O)C(=O)N1. The summed E-state index contributed by atoms with van der Waals surface area (Å²) in [6.07, 6.45) is 0. The van der Waals surface area contributed by atoms with E-state index in [1.54, 1.807) is 30.3 Å². The number of fused-ring (bicyclic) bond motifs is 1. The number of amides is 8. The van der Waals surface area contributed by atoms with Crippen LogP contribution in [0.5, 0.6) is 0 Å². The first-order valence-electron chi connectivity index (χ1n) is 8.52. The summed E-state index contributed by atoms with van der Waals surface area (Å²) in [7, 11) is 0. The fourth-order valence-electron chi connectivity index (χ4n) is 3.51. The lowest BCUT2D eigenvalue weighted by atomic mass is 9.75. The molecule has 0 saturated carbocycles. The van der Waals surface area contributed by atoms with Crippen molar-refractivity contribution in [2.45, 2.75) is 5.92 Å². The molecule has 0 atom stereocenters. The number of nitrogens with zero attached hydrogens (tertiary/aromatic N) is 1. The topological polar surface area (TPSA) is 163 Å². The standard InChI is InChI=1S/C18H13N5O6/c24-13-11(14(25)21-17(28)20-13)10(12-15(26)22-18(29)23-16(12)27)9-6-5-7-3-1-2-4-8(7)19-9/h1-6,10-12H,(H2,20,21,24,25,28)(H2,22,23,26,27,29). The van der Waals surface area contributed by atoms with Gasteiger partial charge in [-0.1, -0.05) is 24.3 Å². The van der Waals surface area contributed by atoms with E-state index in [9.17, 15) is 28.8 Å². The first-order valence-corrected chi connectivity index (χ1v) is 8.52. The van der Waals surface area contributed by atoms with Gasteiger partial charge in [0.1, 0.15) is 11.8 Å². The molecule has 2 fully saturated rings. The van der Waals surface area contributed by atoms with Crippen molar-refractivity contribution in [1.82, 2.24) is 26.3 Å². The van der Waals surface area contributed by atoms with E-state index < -0.39 is 53.4 Å². The fourth-order valence-corrected chi connectivity index (χ4v) is 3.51. The third kappa shape index (κ3) is 3.18. The van der Waals surface area contributed by atoms with Gasteiger partial charge in [0.2, 0.25) is 23.6 Å². The lowest BCUT2D eigenvalue weighted by Gasteiger charge is -2.33. The smallest absolute Gasteiger partial charge is 0.277 e. The number of urea groups is 2. The van der Waals surface area contributed by atoms with Crippen molar-refractivity contribution in [3.05, 3.63) is 42.1 Å². The van der Waals surface area contributed by atoms with Crippen LogP contribution in [0.25, 0.3) is 10.9 Å². The number of barbiturate groups is 2. The van der Waals surface area contributed by atoms with Crippen LogP contribution in [0.4, 0.5) is 9.59 Å². The van der Waals surface area contributed by atoms with Crippen molar-refractivity contribution in [2.24, 2.45) is 11.8 Å². The third-order valence-electron chi connectivity index (χ3n) is 4.76. The maximum absolute atomic E-state index is 12.5. The Balaban J connectivity index is 1.86. The summed E-state index contributed by atoms with van der Waals surface area (Å²) in [5.41, 5.74) is 0.619. The number of rotatable bonds is 3. The zero-order chi connectivity index (χ0) is 20.7. The van der Waals surface area contributed by atoms with Crippen molar-refractivity contribution in [1.29, 1.82) is 0 Å². The van der Waals surface area contributed by atoms with E-state index in [4.69, 9.17) is 0 Å². The molecule has 8 amide bonds. The summed E-state index contributed by atoms with van der Waals surface area (Å²) >= 11 is 0. The molecule has 146 valence electrons. The summed E-state index contributed by atoms with van der Waals surface area (Å²) in [5, 5.41) is 8.59. The first-order chi connectivity index (χ1) is 13.8. The van der Waals surface area contributed by atoms with E-state index in [-0.39, 0.29) is 5.69 Å². The Kier molecular flexibility index (Phi) is 4.26. The number of carbonyl (C=O) groups excluding carboxylic acids is 6. The Hall–Kier alpha value is -4.15. The summed E-state index contributed by atoms with van der Waals surface area (Å²) in [6, 6.07) is 8.14. The molecule has 2 aromatic rings. The Morgan fingerprint density at radius 3 is 1.66 bits per heavy atom. The molecule has 4 N–H and O–H groups in total. The van der Waals surface area contributed by atoms with Crippen LogP contribution in [0.1, 0.15) is 11.6 Å². The van der Waals surface area contributed by atoms with Crippen LogP contribution in [0.2, 0.25) is 0 Å². The molecular weight excluding hydrogens is 382 g/mol. The van der Waals surface area contributed by atoms with Crippen LogP contribution in [-0.2, 0) is 19.2 Å². The summed E-state index contributed by atoms with van der Waals surface area (Å²) in [6.45, 7) is 0. The summed E-state index contributed by atoms with van der Waals surface area (Å²) < 4.78 is 0. The molecule has 0 aliphatic carbocycles. The Labute approximate surface area is 162 Å². The van der Waals surface area contributed by atoms with Gasteiger partial charge in [-0.15, -0.1) is 0 Å². The number of pyridine rings is 1. The van der Waals surface area contributed by atoms with Crippen molar-refractivity contribution in [2.75, 3.05) is 0 Å². The van der Waals surface area contributed by atoms with Crippen molar-refractivity contribution >= 4 is 46.6 Å². The van der Waals surface area contributed by atoms with Crippen LogP contribution in [0.15, 0.2) is 36.4 Å². The van der Waals surface area contributed by atoms with Crippen LogP contribution in [0, 0.1) is 11.8 Å². The number of hydrogen-bond acceptors (Lipinski definition) is 7. The molecule has 1 aromatic carbocycles. The van der Waals surface area contributed by atoms with Crippen molar-refractivity contribution < 1.29 is 28.8 Å². The van der Waals surface area contributed by atoms with Gasteiger partial charge in [-0.3, -0.25) is 45.4 Å². The molecule has 0 spiro atoms. The molecule has 0 unspecified atom stereocenters. The lowest BCUT2D eigenvalue weighted by molar-refractivity contribution is -0.141. The lowest BCUT2D eigenvalue weighted by Crippen LogP contribution is -2.62. The fraction of sp³-hybridized carbons (Fsp3) is 0.167. The van der Waals surface area contributed by atoms with E-state index in [1.165, 1.54) is 6.07 Å². The van der Waals surface area contributed by atoms with E-state index in [2.05, 4.69) is 4.98 Å². The Morgan fingerprint density at radius 2 is 1.14 bits per heavy atom. The van der Waals surface area contributed by atoms with Gasteiger partial charge in [-0.2, -0.15) is 0 Å². The van der Waals surface area contributed by atoms with E-state index in [1.807, 2.05) is 21.3 Å². The quantitative estimate of drug-likeness (QED) is 0.498. The zero-order valence-corrected chi connectivity index (χ0v) is 14.6. The maximum atomic E-state index is 12.5. The van der Waals surface area contributed by atoms with Gasteiger partial charge in [0, 0.05) is 17.0 Å². The van der Waals surface area contributed by atoms with E-state index >= 15 is 0 Å². The monoisotopic (exact) mass is 395 g/mol. The molecule has 2 aliphatic rings. The van der Waals surface area contributed by atoms with Crippen LogP contribution >= 0.6 is 0 Å². The minimum absolute atomic E-state index is 0.109. The van der Waals surface area contributed by atoms with Gasteiger partial charge < -0.3 is 0 Å².